The second-order valence-corrected chi connectivity index (χ2v) is 8.10. The monoisotopic (exact) mass is 346 g/mol. The lowest BCUT2D eigenvalue weighted by Crippen LogP contribution is -2.70. The number of carboxylic acids is 1. The van der Waals surface area contributed by atoms with Crippen LogP contribution in [-0.2, 0) is 14.4 Å². The number of hydrogen-bond acceptors (Lipinski definition) is 4. The molecule has 0 aromatic heterocycles. The number of carboxylic acid groups (broad SMARTS) is 1. The van der Waals surface area contributed by atoms with Crippen molar-refractivity contribution in [1.29, 1.82) is 0 Å². The van der Waals surface area contributed by atoms with E-state index in [1.54, 1.807) is 19.9 Å². The molecule has 2 aliphatic heterocycles. The minimum Gasteiger partial charge on any atom is -0.480 e. The van der Waals surface area contributed by atoms with Crippen molar-refractivity contribution < 1.29 is 19.5 Å². The molecule has 2 heterocycles. The van der Waals surface area contributed by atoms with Crippen LogP contribution in [0.1, 0.15) is 19.4 Å². The molecular formula is C17H18N2O4S. The van der Waals surface area contributed by atoms with Gasteiger partial charge in [-0.3, -0.25) is 9.59 Å². The smallest absolute Gasteiger partial charge is 0.327 e. The van der Waals surface area contributed by atoms with Crippen molar-refractivity contribution in [2.45, 2.75) is 36.1 Å². The Balaban J connectivity index is 1.66. The molecule has 2 N–H and O–H groups in total. The number of aliphatic carboxylic acids is 1. The summed E-state index contributed by atoms with van der Waals surface area (Å²) in [6.45, 7) is 3.60. The number of nitrogens with zero attached hydrogens (tertiary/aromatic N) is 1. The Morgan fingerprint density at radius 3 is 2.58 bits per heavy atom. The number of rotatable bonds is 4. The van der Waals surface area contributed by atoms with Gasteiger partial charge < -0.3 is 15.3 Å². The molecule has 1 aromatic rings. The summed E-state index contributed by atoms with van der Waals surface area (Å²) in [5.41, 5.74) is 0.886. The van der Waals surface area contributed by atoms with Crippen LogP contribution in [0, 0.1) is 0 Å². The van der Waals surface area contributed by atoms with E-state index in [1.807, 2.05) is 30.3 Å². The van der Waals surface area contributed by atoms with Gasteiger partial charge in [-0.2, -0.15) is 0 Å². The summed E-state index contributed by atoms with van der Waals surface area (Å²) >= 11 is 1.41. The van der Waals surface area contributed by atoms with Gasteiger partial charge in [0.05, 0.1) is 0 Å². The Hall–Kier alpha value is -2.28. The number of amides is 2. The van der Waals surface area contributed by atoms with E-state index in [4.69, 9.17) is 0 Å². The molecule has 2 amide bonds. The summed E-state index contributed by atoms with van der Waals surface area (Å²) in [5, 5.41) is 11.7. The number of nitrogens with one attached hydrogen (secondary N) is 1. The molecule has 24 heavy (non-hydrogen) atoms. The zero-order chi connectivity index (χ0) is 17.5. The Morgan fingerprint density at radius 2 is 1.96 bits per heavy atom. The van der Waals surface area contributed by atoms with Crippen LogP contribution in [-0.4, -0.2) is 50.0 Å². The molecule has 2 aliphatic rings. The van der Waals surface area contributed by atoms with Crippen molar-refractivity contribution in [2.24, 2.45) is 0 Å². The number of fused-ring (bicyclic) bond motifs is 1. The Kier molecular flexibility index (Phi) is 4.13. The SMILES string of the molecule is CC1(C)S[C@@H]2C(NC(=O)/C=C/c3ccccc3)C(=O)N2[C@H]1C(=O)O. The fourth-order valence-corrected chi connectivity index (χ4v) is 4.71. The summed E-state index contributed by atoms with van der Waals surface area (Å²) in [4.78, 5) is 37.1. The quantitative estimate of drug-likeness (QED) is 0.634. The van der Waals surface area contributed by atoms with Gasteiger partial charge in [0, 0.05) is 10.8 Å². The van der Waals surface area contributed by atoms with Crippen molar-refractivity contribution in [1.82, 2.24) is 10.2 Å². The van der Waals surface area contributed by atoms with E-state index in [1.165, 1.54) is 22.7 Å². The van der Waals surface area contributed by atoms with Gasteiger partial charge in [0.1, 0.15) is 17.5 Å². The molecule has 2 saturated heterocycles. The molecule has 1 aromatic carbocycles. The largest absolute Gasteiger partial charge is 0.480 e. The molecule has 0 aliphatic carbocycles. The third-order valence-electron chi connectivity index (χ3n) is 4.20. The van der Waals surface area contributed by atoms with E-state index >= 15 is 0 Å². The van der Waals surface area contributed by atoms with E-state index in [2.05, 4.69) is 5.32 Å². The van der Waals surface area contributed by atoms with Crippen LogP contribution >= 0.6 is 11.8 Å². The minimum atomic E-state index is -1.02. The lowest BCUT2D eigenvalue weighted by atomic mass is 9.96. The lowest BCUT2D eigenvalue weighted by molar-refractivity contribution is -0.160. The van der Waals surface area contributed by atoms with Gasteiger partial charge in [-0.1, -0.05) is 30.3 Å². The topological polar surface area (TPSA) is 86.7 Å². The maximum Gasteiger partial charge on any atom is 0.327 e. The predicted octanol–water partition coefficient (Wildman–Crippen LogP) is 1.33. The van der Waals surface area contributed by atoms with Crippen molar-refractivity contribution in [3.05, 3.63) is 42.0 Å². The second-order valence-electron chi connectivity index (χ2n) is 6.33. The highest BCUT2D eigenvalue weighted by atomic mass is 32.2. The van der Waals surface area contributed by atoms with Crippen LogP contribution in [0.15, 0.2) is 36.4 Å². The highest BCUT2D eigenvalue weighted by Gasteiger charge is 2.64. The summed E-state index contributed by atoms with van der Waals surface area (Å²) < 4.78 is -0.592. The van der Waals surface area contributed by atoms with Gasteiger partial charge in [0.25, 0.3) is 0 Å². The van der Waals surface area contributed by atoms with Crippen molar-refractivity contribution >= 4 is 35.6 Å². The molecular weight excluding hydrogens is 328 g/mol. The fraction of sp³-hybridized carbons (Fsp3) is 0.353. The fourth-order valence-electron chi connectivity index (χ4n) is 3.08. The molecule has 2 fully saturated rings. The highest BCUT2D eigenvalue weighted by Crippen LogP contribution is 2.50. The first-order valence-corrected chi connectivity index (χ1v) is 8.45. The zero-order valence-corrected chi connectivity index (χ0v) is 14.1. The number of carbonyl (C=O) groups is 3. The first-order chi connectivity index (χ1) is 11.3. The molecule has 6 nitrogen and oxygen atoms in total. The molecule has 3 rings (SSSR count). The average Bonchev–Trinajstić information content (AvgIpc) is 2.80. The highest BCUT2D eigenvalue weighted by molar-refractivity contribution is 8.01. The summed E-state index contributed by atoms with van der Waals surface area (Å²) in [6.07, 6.45) is 3.05. The van der Waals surface area contributed by atoms with Crippen LogP contribution < -0.4 is 5.32 Å². The van der Waals surface area contributed by atoms with Gasteiger partial charge in [-0.05, 0) is 25.5 Å². The van der Waals surface area contributed by atoms with Gasteiger partial charge in [0.15, 0.2) is 0 Å². The van der Waals surface area contributed by atoms with Crippen LogP contribution in [0.25, 0.3) is 6.08 Å². The van der Waals surface area contributed by atoms with Crippen molar-refractivity contribution in [3.8, 4) is 0 Å². The number of hydrogen-bond donors (Lipinski definition) is 2. The maximum atomic E-state index is 12.3. The molecule has 0 radical (unpaired) electrons. The normalized spacial score (nSPS) is 27.7. The number of benzene rings is 1. The van der Waals surface area contributed by atoms with E-state index in [-0.39, 0.29) is 17.2 Å². The number of thioether (sulfide) groups is 1. The molecule has 126 valence electrons. The molecule has 0 spiro atoms. The standard InChI is InChI=1S/C17H18N2O4S/c1-17(2)13(16(22)23)19-14(21)12(15(19)24-17)18-11(20)9-8-10-6-4-3-5-7-10/h3-9,12-13,15H,1-2H3,(H,18,20)(H,22,23)/b9-8+/t12?,13-,15+/m0/s1. The Bertz CT molecular complexity index is 717. The summed E-state index contributed by atoms with van der Waals surface area (Å²) in [7, 11) is 0. The third-order valence-corrected chi connectivity index (χ3v) is 5.77. The second kappa shape index (κ2) is 5.98. The molecule has 0 bridgehead atoms. The number of carbonyl (C=O) groups excluding carboxylic acids is 2. The molecule has 7 heteroatoms. The first kappa shape index (κ1) is 16.6. The first-order valence-electron chi connectivity index (χ1n) is 7.58. The van der Waals surface area contributed by atoms with Crippen molar-refractivity contribution in [3.63, 3.8) is 0 Å². The van der Waals surface area contributed by atoms with E-state index in [0.29, 0.717) is 0 Å². The van der Waals surface area contributed by atoms with Gasteiger partial charge in [0.2, 0.25) is 11.8 Å². The van der Waals surface area contributed by atoms with E-state index in [9.17, 15) is 19.5 Å². The van der Waals surface area contributed by atoms with Crippen LogP contribution in [0.5, 0.6) is 0 Å². The Labute approximate surface area is 143 Å². The van der Waals surface area contributed by atoms with E-state index < -0.39 is 22.8 Å². The van der Waals surface area contributed by atoms with Gasteiger partial charge in [-0.15, -0.1) is 11.8 Å². The zero-order valence-electron chi connectivity index (χ0n) is 13.3. The van der Waals surface area contributed by atoms with E-state index in [0.717, 1.165) is 5.56 Å². The van der Waals surface area contributed by atoms with Crippen molar-refractivity contribution in [2.75, 3.05) is 0 Å². The minimum absolute atomic E-state index is 0.331. The molecule has 3 atom stereocenters. The summed E-state index contributed by atoms with van der Waals surface area (Å²) in [5.74, 6) is -1.72. The Morgan fingerprint density at radius 1 is 1.29 bits per heavy atom. The maximum absolute atomic E-state index is 12.3. The summed E-state index contributed by atoms with van der Waals surface area (Å²) in [6, 6.07) is 7.82. The van der Waals surface area contributed by atoms with Crippen LogP contribution in [0.3, 0.4) is 0 Å². The average molecular weight is 346 g/mol. The third kappa shape index (κ3) is 2.80. The van der Waals surface area contributed by atoms with Crippen LogP contribution in [0.4, 0.5) is 0 Å². The van der Waals surface area contributed by atoms with Gasteiger partial charge >= 0.3 is 5.97 Å². The van der Waals surface area contributed by atoms with Gasteiger partial charge in [-0.25, -0.2) is 4.79 Å². The predicted molar refractivity (Wildman–Crippen MR) is 91.1 cm³/mol. The molecule has 0 saturated carbocycles. The van der Waals surface area contributed by atoms with Crippen LogP contribution in [0.2, 0.25) is 0 Å². The molecule has 1 unspecified atom stereocenters. The lowest BCUT2D eigenvalue weighted by Gasteiger charge is -2.43. The number of β-lactam (4-membered cyclic amide) rings is 1.